The van der Waals surface area contributed by atoms with E-state index in [1.165, 1.54) is 0 Å². The van der Waals surface area contributed by atoms with E-state index >= 15 is 0 Å². The number of aliphatic imine (C=N–C) groups is 2. The van der Waals surface area contributed by atoms with Crippen molar-refractivity contribution in [1.29, 1.82) is 0 Å². The molecule has 5 nitrogen and oxygen atoms in total. The Hall–Kier alpha value is -6.46. The molecule has 1 N–H and O–H groups in total. The van der Waals surface area contributed by atoms with Crippen molar-refractivity contribution in [2.45, 2.75) is 6.17 Å². The molecule has 5 heteroatoms. The van der Waals surface area contributed by atoms with Gasteiger partial charge in [-0.2, -0.15) is 0 Å². The fourth-order valence-electron chi connectivity index (χ4n) is 7.10. The van der Waals surface area contributed by atoms with Crippen LogP contribution in [0.3, 0.4) is 0 Å². The average molecular weight is 618 g/mol. The normalized spacial score (nSPS) is 13.8. The Balaban J connectivity index is 1.16. The maximum absolute atomic E-state index is 6.59. The van der Waals surface area contributed by atoms with Gasteiger partial charge in [0.25, 0.3) is 0 Å². The van der Waals surface area contributed by atoms with Crippen molar-refractivity contribution in [2.75, 3.05) is 0 Å². The first-order valence-electron chi connectivity index (χ1n) is 16.1. The lowest BCUT2D eigenvalue weighted by molar-refractivity contribution is 0.668. The number of hydrogen-bond donors (Lipinski definition) is 1. The number of nitrogens with one attached hydrogen (secondary N) is 1. The molecule has 48 heavy (non-hydrogen) atoms. The first-order valence-corrected chi connectivity index (χ1v) is 16.1. The Bertz CT molecular complexity index is 2700. The fraction of sp³-hybridized carbons (Fsp3) is 0.0233. The highest BCUT2D eigenvalue weighted by atomic mass is 16.3. The second-order valence-electron chi connectivity index (χ2n) is 12.2. The molecule has 0 saturated carbocycles. The van der Waals surface area contributed by atoms with Gasteiger partial charge in [-0.05, 0) is 46.8 Å². The molecule has 0 bridgehead atoms. The van der Waals surface area contributed by atoms with E-state index in [1.54, 1.807) is 0 Å². The molecule has 0 atom stereocenters. The van der Waals surface area contributed by atoms with Gasteiger partial charge in [0, 0.05) is 43.6 Å². The van der Waals surface area contributed by atoms with Gasteiger partial charge in [0.05, 0.1) is 0 Å². The molecule has 1 aliphatic rings. The van der Waals surface area contributed by atoms with Crippen molar-refractivity contribution in [1.82, 2.24) is 5.32 Å². The Labute approximate surface area is 275 Å². The summed E-state index contributed by atoms with van der Waals surface area (Å²) in [5.74, 6) is 1.58. The number of amidine groups is 2. The average Bonchev–Trinajstić information content (AvgIpc) is 3.73. The van der Waals surface area contributed by atoms with Crippen LogP contribution in [0.15, 0.2) is 170 Å². The number of para-hydroxylation sites is 1. The van der Waals surface area contributed by atoms with Crippen molar-refractivity contribution in [2.24, 2.45) is 9.98 Å². The van der Waals surface area contributed by atoms with E-state index in [2.05, 4.69) is 96.3 Å². The molecule has 0 fully saturated rings. The van der Waals surface area contributed by atoms with E-state index in [0.29, 0.717) is 0 Å². The highest BCUT2D eigenvalue weighted by molar-refractivity contribution is 6.20. The van der Waals surface area contributed by atoms with Crippen LogP contribution in [0.2, 0.25) is 0 Å². The molecule has 0 saturated heterocycles. The first-order chi connectivity index (χ1) is 23.8. The summed E-state index contributed by atoms with van der Waals surface area (Å²) < 4.78 is 13.0. The topological polar surface area (TPSA) is 63.0 Å². The third-order valence-electron chi connectivity index (χ3n) is 9.34. The van der Waals surface area contributed by atoms with Gasteiger partial charge in [-0.15, -0.1) is 0 Å². The van der Waals surface area contributed by atoms with E-state index in [-0.39, 0.29) is 0 Å². The van der Waals surface area contributed by atoms with Gasteiger partial charge in [0.2, 0.25) is 0 Å². The van der Waals surface area contributed by atoms with Crippen LogP contribution in [-0.4, -0.2) is 11.7 Å². The summed E-state index contributed by atoms with van der Waals surface area (Å²) in [6.07, 6.45) is -0.457. The highest BCUT2D eigenvalue weighted by Crippen LogP contribution is 2.42. The van der Waals surface area contributed by atoms with Gasteiger partial charge < -0.3 is 14.2 Å². The third-order valence-corrected chi connectivity index (χ3v) is 9.34. The molecule has 7 aromatic carbocycles. The zero-order valence-electron chi connectivity index (χ0n) is 25.7. The Morgan fingerprint density at radius 2 is 1.08 bits per heavy atom. The van der Waals surface area contributed by atoms with Crippen molar-refractivity contribution < 1.29 is 8.83 Å². The molecule has 1 aliphatic heterocycles. The van der Waals surface area contributed by atoms with Crippen molar-refractivity contribution >= 4 is 66.3 Å². The predicted octanol–water partition coefficient (Wildman–Crippen LogP) is 10.8. The summed E-state index contributed by atoms with van der Waals surface area (Å²) in [7, 11) is 0. The number of nitrogens with zero attached hydrogens (tertiary/aromatic N) is 2. The minimum atomic E-state index is -0.457. The Kier molecular flexibility index (Phi) is 5.87. The minimum Gasteiger partial charge on any atom is -0.456 e. The summed E-state index contributed by atoms with van der Waals surface area (Å²) in [5.41, 5.74) is 8.68. The van der Waals surface area contributed by atoms with Crippen molar-refractivity contribution in [3.8, 4) is 11.1 Å². The van der Waals surface area contributed by atoms with Crippen LogP contribution >= 0.6 is 0 Å². The number of furan rings is 2. The van der Waals surface area contributed by atoms with Crippen LogP contribution < -0.4 is 5.32 Å². The maximum atomic E-state index is 6.59. The molecule has 0 amide bonds. The van der Waals surface area contributed by atoms with Gasteiger partial charge in [-0.3, -0.25) is 0 Å². The van der Waals surface area contributed by atoms with E-state index in [4.69, 9.17) is 18.8 Å². The third kappa shape index (κ3) is 4.18. The summed E-state index contributed by atoms with van der Waals surface area (Å²) in [6.45, 7) is 0. The monoisotopic (exact) mass is 617 g/mol. The lowest BCUT2D eigenvalue weighted by Gasteiger charge is -2.22. The van der Waals surface area contributed by atoms with Crippen molar-refractivity contribution in [3.63, 3.8) is 0 Å². The molecule has 9 aromatic rings. The second-order valence-corrected chi connectivity index (χ2v) is 12.2. The summed E-state index contributed by atoms with van der Waals surface area (Å²) >= 11 is 0. The molecule has 0 radical (unpaired) electrons. The van der Waals surface area contributed by atoms with Gasteiger partial charge in [0.15, 0.2) is 6.17 Å². The van der Waals surface area contributed by atoms with Gasteiger partial charge in [-0.25, -0.2) is 9.98 Å². The zero-order valence-corrected chi connectivity index (χ0v) is 25.7. The molecule has 10 rings (SSSR count). The van der Waals surface area contributed by atoms with E-state index in [0.717, 1.165) is 94.1 Å². The lowest BCUT2D eigenvalue weighted by Crippen LogP contribution is -2.36. The van der Waals surface area contributed by atoms with Crippen LogP contribution in [0, 0.1) is 0 Å². The number of fused-ring (bicyclic) bond motifs is 8. The fourth-order valence-corrected chi connectivity index (χ4v) is 7.10. The van der Waals surface area contributed by atoms with Crippen LogP contribution in [0.25, 0.3) is 65.8 Å². The molecule has 2 aromatic heterocycles. The van der Waals surface area contributed by atoms with Crippen LogP contribution in [0.4, 0.5) is 0 Å². The lowest BCUT2D eigenvalue weighted by atomic mass is 9.94. The number of benzene rings is 7. The van der Waals surface area contributed by atoms with E-state index < -0.39 is 6.17 Å². The first kappa shape index (κ1) is 26.7. The van der Waals surface area contributed by atoms with E-state index in [9.17, 15) is 0 Å². The maximum Gasteiger partial charge on any atom is 0.170 e. The highest BCUT2D eigenvalue weighted by Gasteiger charge is 2.24. The summed E-state index contributed by atoms with van der Waals surface area (Å²) in [5, 5.41) is 10.0. The Morgan fingerprint density at radius 3 is 1.83 bits per heavy atom. The van der Waals surface area contributed by atoms with Gasteiger partial charge >= 0.3 is 0 Å². The SMILES string of the molecule is c1ccc(C2=NC(c3cccc4oc5cc(-c6cc7c8ccccc8oc7c7ccccc67)ccc5c34)N=C(c3ccccc3)N2)cc1. The number of hydrogen-bond acceptors (Lipinski definition) is 5. The predicted molar refractivity (Wildman–Crippen MR) is 196 cm³/mol. The molecule has 226 valence electrons. The number of rotatable bonds is 4. The van der Waals surface area contributed by atoms with Gasteiger partial charge in [0.1, 0.15) is 34.0 Å². The van der Waals surface area contributed by atoms with Crippen LogP contribution in [0.5, 0.6) is 0 Å². The van der Waals surface area contributed by atoms with Crippen LogP contribution in [0.1, 0.15) is 22.9 Å². The van der Waals surface area contributed by atoms with Crippen molar-refractivity contribution in [3.05, 3.63) is 168 Å². The standard InChI is InChI=1S/C43H27N3O2/c1-3-12-26(13-4-1)41-44-42(27-14-5-2-6-15-27)46-43(45-41)33-19-11-21-37-39(33)32-23-22-28(24-38(32)47-37)34-25-35-30-17-9-10-20-36(30)48-40(35)31-18-8-7-16-29(31)34/h1-25,43H,(H,44,45,46). The molecular weight excluding hydrogens is 590 g/mol. The zero-order chi connectivity index (χ0) is 31.6. The Morgan fingerprint density at radius 1 is 0.438 bits per heavy atom. The second kappa shape index (κ2) is 10.5. The van der Waals surface area contributed by atoms with Crippen LogP contribution in [-0.2, 0) is 0 Å². The summed E-state index contributed by atoms with van der Waals surface area (Å²) in [6, 6.07) is 52.1. The molecule has 0 unspecified atom stereocenters. The quantitative estimate of drug-likeness (QED) is 0.214. The minimum absolute atomic E-state index is 0.457. The smallest absolute Gasteiger partial charge is 0.170 e. The molecule has 0 spiro atoms. The molecular formula is C43H27N3O2. The largest absolute Gasteiger partial charge is 0.456 e. The summed E-state index contributed by atoms with van der Waals surface area (Å²) in [4.78, 5) is 10.3. The van der Waals surface area contributed by atoms with E-state index in [1.807, 2.05) is 60.7 Å². The molecule has 3 heterocycles. The molecule has 0 aliphatic carbocycles. The van der Waals surface area contributed by atoms with Gasteiger partial charge in [-0.1, -0.05) is 121 Å².